The molecule has 0 saturated heterocycles. The lowest BCUT2D eigenvalue weighted by Crippen LogP contribution is -2.49. The SMILES string of the molecule is COc1ccc(N[C@H](NC(=O)c2ccccc2C)C(Cl)(Cl)Cl)cc1. The molecule has 0 radical (unpaired) electrons. The standard InChI is InChI=1S/C17H17Cl3N2O2/c1-11-5-3-4-6-14(11)15(23)22-16(17(18,19)20)21-12-7-9-13(24-2)10-8-12/h3-10,16,21H,1-2H3,(H,22,23)/t16-/m1/s1. The van der Waals surface area contributed by atoms with E-state index in [2.05, 4.69) is 10.6 Å². The van der Waals surface area contributed by atoms with E-state index in [9.17, 15) is 4.79 Å². The number of aryl methyl sites for hydroxylation is 1. The molecule has 2 aromatic rings. The highest BCUT2D eigenvalue weighted by atomic mass is 35.6. The predicted molar refractivity (Wildman–Crippen MR) is 99.3 cm³/mol. The second-order valence-electron chi connectivity index (χ2n) is 5.14. The summed E-state index contributed by atoms with van der Waals surface area (Å²) >= 11 is 18.0. The van der Waals surface area contributed by atoms with Crippen LogP contribution < -0.4 is 15.4 Å². The zero-order chi connectivity index (χ0) is 17.7. The van der Waals surface area contributed by atoms with Gasteiger partial charge in [0.15, 0.2) is 0 Å². The number of halogens is 3. The molecule has 2 aromatic carbocycles. The van der Waals surface area contributed by atoms with E-state index in [4.69, 9.17) is 39.5 Å². The predicted octanol–water partition coefficient (Wildman–Crippen LogP) is 4.54. The molecule has 0 saturated carbocycles. The Hall–Kier alpha value is -1.62. The Morgan fingerprint density at radius 1 is 1.08 bits per heavy atom. The van der Waals surface area contributed by atoms with Crippen molar-refractivity contribution < 1.29 is 9.53 Å². The molecule has 0 aromatic heterocycles. The zero-order valence-corrected chi connectivity index (χ0v) is 15.4. The third-order valence-electron chi connectivity index (χ3n) is 3.39. The van der Waals surface area contributed by atoms with Crippen molar-refractivity contribution in [3.8, 4) is 5.75 Å². The van der Waals surface area contributed by atoms with Crippen LogP contribution in [0.5, 0.6) is 5.75 Å². The van der Waals surface area contributed by atoms with Gasteiger partial charge >= 0.3 is 0 Å². The number of nitrogens with one attached hydrogen (secondary N) is 2. The summed E-state index contributed by atoms with van der Waals surface area (Å²) in [5.74, 6) is 0.375. The lowest BCUT2D eigenvalue weighted by molar-refractivity contribution is 0.0941. The first-order valence-electron chi connectivity index (χ1n) is 7.15. The van der Waals surface area contributed by atoms with Crippen molar-refractivity contribution in [2.45, 2.75) is 16.9 Å². The van der Waals surface area contributed by atoms with E-state index in [1.165, 1.54) is 0 Å². The van der Waals surface area contributed by atoms with Crippen LogP contribution >= 0.6 is 34.8 Å². The van der Waals surface area contributed by atoms with Gasteiger partial charge in [0.25, 0.3) is 5.91 Å². The molecule has 2 rings (SSSR count). The van der Waals surface area contributed by atoms with Gasteiger partial charge in [0.2, 0.25) is 3.79 Å². The first kappa shape index (κ1) is 18.7. The number of carbonyl (C=O) groups excluding carboxylic acids is 1. The average molecular weight is 388 g/mol. The van der Waals surface area contributed by atoms with Crippen LogP contribution in [0.2, 0.25) is 0 Å². The van der Waals surface area contributed by atoms with Gasteiger partial charge in [-0.05, 0) is 42.8 Å². The van der Waals surface area contributed by atoms with Crippen LogP contribution in [-0.4, -0.2) is 23.0 Å². The molecule has 0 aliphatic carbocycles. The van der Waals surface area contributed by atoms with Gasteiger partial charge in [-0.3, -0.25) is 4.79 Å². The van der Waals surface area contributed by atoms with Crippen molar-refractivity contribution in [2.75, 3.05) is 12.4 Å². The van der Waals surface area contributed by atoms with Crippen molar-refractivity contribution in [2.24, 2.45) is 0 Å². The average Bonchev–Trinajstić information content (AvgIpc) is 2.54. The van der Waals surface area contributed by atoms with Gasteiger partial charge in [-0.25, -0.2) is 0 Å². The molecule has 24 heavy (non-hydrogen) atoms. The third-order valence-corrected chi connectivity index (χ3v) is 4.05. The van der Waals surface area contributed by atoms with E-state index in [-0.39, 0.29) is 5.91 Å². The van der Waals surface area contributed by atoms with Crippen molar-refractivity contribution in [1.82, 2.24) is 5.32 Å². The molecule has 2 N–H and O–H groups in total. The normalized spacial score (nSPS) is 12.4. The maximum Gasteiger partial charge on any atom is 0.253 e. The number of benzene rings is 2. The van der Waals surface area contributed by atoms with E-state index in [1.54, 1.807) is 43.5 Å². The summed E-state index contributed by atoms with van der Waals surface area (Å²) in [6.45, 7) is 1.84. The van der Waals surface area contributed by atoms with Crippen LogP contribution in [0.4, 0.5) is 5.69 Å². The first-order valence-corrected chi connectivity index (χ1v) is 8.28. The van der Waals surface area contributed by atoms with Gasteiger partial charge in [0, 0.05) is 11.3 Å². The molecule has 0 unspecified atom stereocenters. The maximum atomic E-state index is 12.5. The Morgan fingerprint density at radius 2 is 1.71 bits per heavy atom. The number of methoxy groups -OCH3 is 1. The lowest BCUT2D eigenvalue weighted by Gasteiger charge is -2.27. The molecule has 128 valence electrons. The molecule has 0 aliphatic rings. The monoisotopic (exact) mass is 386 g/mol. The summed E-state index contributed by atoms with van der Waals surface area (Å²) in [5.41, 5.74) is 2.04. The smallest absolute Gasteiger partial charge is 0.253 e. The minimum atomic E-state index is -1.74. The molecule has 4 nitrogen and oxygen atoms in total. The number of hydrogen-bond acceptors (Lipinski definition) is 3. The summed E-state index contributed by atoms with van der Waals surface area (Å²) in [7, 11) is 1.58. The molecule has 0 spiro atoms. The van der Waals surface area contributed by atoms with Gasteiger partial charge < -0.3 is 15.4 Å². The first-order chi connectivity index (χ1) is 11.3. The summed E-state index contributed by atoms with van der Waals surface area (Å²) < 4.78 is 3.36. The summed E-state index contributed by atoms with van der Waals surface area (Å²) in [6.07, 6.45) is -0.914. The Kier molecular flexibility index (Phi) is 6.21. The summed E-state index contributed by atoms with van der Waals surface area (Å²) in [6, 6.07) is 14.3. The highest BCUT2D eigenvalue weighted by Crippen LogP contribution is 2.31. The summed E-state index contributed by atoms with van der Waals surface area (Å²) in [5, 5.41) is 5.72. The van der Waals surface area contributed by atoms with E-state index >= 15 is 0 Å². The third kappa shape index (κ3) is 4.94. The Labute approximate surface area is 156 Å². The highest BCUT2D eigenvalue weighted by molar-refractivity contribution is 6.68. The van der Waals surface area contributed by atoms with Gasteiger partial charge in [-0.1, -0.05) is 53.0 Å². The highest BCUT2D eigenvalue weighted by Gasteiger charge is 2.34. The Morgan fingerprint density at radius 3 is 2.25 bits per heavy atom. The molecule has 0 bridgehead atoms. The van der Waals surface area contributed by atoms with Crippen molar-refractivity contribution in [3.05, 3.63) is 59.7 Å². The minimum Gasteiger partial charge on any atom is -0.497 e. The van der Waals surface area contributed by atoms with Gasteiger partial charge in [-0.2, -0.15) is 0 Å². The minimum absolute atomic E-state index is 0.328. The number of hydrogen-bond donors (Lipinski definition) is 2. The largest absolute Gasteiger partial charge is 0.497 e. The number of carbonyl (C=O) groups is 1. The molecule has 1 atom stereocenters. The number of ether oxygens (including phenoxy) is 1. The van der Waals surface area contributed by atoms with E-state index in [0.717, 1.165) is 5.56 Å². The molecule has 0 aliphatic heterocycles. The zero-order valence-electron chi connectivity index (χ0n) is 13.1. The van der Waals surface area contributed by atoms with Crippen LogP contribution in [-0.2, 0) is 0 Å². The molecule has 1 amide bonds. The summed E-state index contributed by atoms with van der Waals surface area (Å²) in [4.78, 5) is 12.5. The van der Waals surface area contributed by atoms with E-state index < -0.39 is 9.96 Å². The van der Waals surface area contributed by atoms with Crippen LogP contribution in [0.25, 0.3) is 0 Å². The fourth-order valence-electron chi connectivity index (χ4n) is 2.09. The van der Waals surface area contributed by atoms with Crippen LogP contribution in [0.1, 0.15) is 15.9 Å². The molecule has 7 heteroatoms. The quantitative estimate of drug-likeness (QED) is 0.585. The second kappa shape index (κ2) is 7.97. The molecule has 0 heterocycles. The number of alkyl halides is 3. The number of amides is 1. The molecule has 0 fully saturated rings. The van der Waals surface area contributed by atoms with Crippen LogP contribution in [0, 0.1) is 6.92 Å². The van der Waals surface area contributed by atoms with Gasteiger partial charge in [0.05, 0.1) is 7.11 Å². The molecular weight excluding hydrogens is 371 g/mol. The lowest BCUT2D eigenvalue weighted by atomic mass is 10.1. The van der Waals surface area contributed by atoms with E-state index in [1.807, 2.05) is 19.1 Å². The van der Waals surface area contributed by atoms with Crippen molar-refractivity contribution >= 4 is 46.4 Å². The fourth-order valence-corrected chi connectivity index (χ4v) is 2.42. The topological polar surface area (TPSA) is 50.4 Å². The second-order valence-corrected chi connectivity index (χ2v) is 7.50. The Bertz CT molecular complexity index is 700. The number of rotatable bonds is 5. The van der Waals surface area contributed by atoms with Crippen molar-refractivity contribution in [1.29, 1.82) is 0 Å². The number of anilines is 1. The van der Waals surface area contributed by atoms with Crippen LogP contribution in [0.15, 0.2) is 48.5 Å². The van der Waals surface area contributed by atoms with Crippen molar-refractivity contribution in [3.63, 3.8) is 0 Å². The van der Waals surface area contributed by atoms with Crippen LogP contribution in [0.3, 0.4) is 0 Å². The molecular formula is C17H17Cl3N2O2. The Balaban J connectivity index is 2.16. The van der Waals surface area contributed by atoms with E-state index in [0.29, 0.717) is 17.0 Å². The van der Waals surface area contributed by atoms with Gasteiger partial charge in [-0.15, -0.1) is 0 Å². The van der Waals surface area contributed by atoms with Gasteiger partial charge in [0.1, 0.15) is 11.9 Å². The maximum absolute atomic E-state index is 12.5. The fraction of sp³-hybridized carbons (Fsp3) is 0.235.